The van der Waals surface area contributed by atoms with Crippen molar-refractivity contribution in [2.24, 2.45) is 0 Å². The van der Waals surface area contributed by atoms with Crippen LogP contribution in [0.25, 0.3) is 0 Å². The zero-order valence-electron chi connectivity index (χ0n) is 9.22. The summed E-state index contributed by atoms with van der Waals surface area (Å²) in [6.45, 7) is 2.94. The van der Waals surface area contributed by atoms with E-state index in [0.717, 1.165) is 40.1 Å². The van der Waals surface area contributed by atoms with E-state index in [2.05, 4.69) is 28.2 Å². The summed E-state index contributed by atoms with van der Waals surface area (Å²) in [5, 5.41) is 3.37. The molecule has 0 saturated carbocycles. The van der Waals surface area contributed by atoms with Gasteiger partial charge in [0.25, 0.3) is 0 Å². The molecule has 1 atom stereocenters. The van der Waals surface area contributed by atoms with Crippen molar-refractivity contribution in [1.82, 2.24) is 5.32 Å². The van der Waals surface area contributed by atoms with Crippen molar-refractivity contribution in [2.75, 3.05) is 12.3 Å². The maximum Gasteiger partial charge on any atom is 0.128 e. The smallest absolute Gasteiger partial charge is 0.128 e. The predicted molar refractivity (Wildman–Crippen MR) is 71.3 cm³/mol. The maximum absolute atomic E-state index is 13.9. The average Bonchev–Trinajstić information content (AvgIpc) is 2.48. The monoisotopic (exact) mass is 303 g/mol. The molecule has 0 aromatic heterocycles. The normalized spacial score (nSPS) is 20.3. The van der Waals surface area contributed by atoms with Crippen LogP contribution < -0.4 is 5.32 Å². The Balaban J connectivity index is 2.46. The van der Waals surface area contributed by atoms with Gasteiger partial charge in [-0.05, 0) is 36.4 Å². The quantitative estimate of drug-likeness (QED) is 0.890. The van der Waals surface area contributed by atoms with Crippen molar-refractivity contribution in [3.63, 3.8) is 0 Å². The molecule has 0 saturated heterocycles. The summed E-state index contributed by atoms with van der Waals surface area (Å²) in [5.41, 5.74) is 1.98. The molecule has 1 unspecified atom stereocenters. The minimum Gasteiger partial charge on any atom is -0.310 e. The second kappa shape index (κ2) is 5.52. The highest BCUT2D eigenvalue weighted by Gasteiger charge is 2.23. The van der Waals surface area contributed by atoms with Crippen LogP contribution in [0.3, 0.4) is 0 Å². The second-order valence-electron chi connectivity index (χ2n) is 3.87. The largest absolute Gasteiger partial charge is 0.310 e. The Morgan fingerprint density at radius 2 is 2.38 bits per heavy atom. The Labute approximate surface area is 108 Å². The highest BCUT2D eigenvalue weighted by Crippen LogP contribution is 2.36. The van der Waals surface area contributed by atoms with Crippen LogP contribution in [0, 0.1) is 5.82 Å². The van der Waals surface area contributed by atoms with Gasteiger partial charge >= 0.3 is 0 Å². The van der Waals surface area contributed by atoms with Gasteiger partial charge in [0.1, 0.15) is 5.82 Å². The molecule has 1 aliphatic heterocycles. The van der Waals surface area contributed by atoms with Gasteiger partial charge in [-0.1, -0.05) is 22.9 Å². The molecule has 1 nitrogen and oxygen atoms in total. The lowest BCUT2D eigenvalue weighted by atomic mass is 9.98. The zero-order valence-corrected chi connectivity index (χ0v) is 11.6. The fourth-order valence-electron chi connectivity index (χ4n) is 2.10. The molecule has 1 aromatic rings. The molecule has 88 valence electrons. The Kier molecular flexibility index (Phi) is 4.27. The third-order valence-electron chi connectivity index (χ3n) is 2.84. The number of hydrogen-bond donors (Lipinski definition) is 1. The van der Waals surface area contributed by atoms with Crippen LogP contribution in [0.15, 0.2) is 16.6 Å². The van der Waals surface area contributed by atoms with Crippen LogP contribution in [-0.2, 0) is 5.75 Å². The zero-order chi connectivity index (χ0) is 11.5. The first kappa shape index (κ1) is 12.4. The van der Waals surface area contributed by atoms with Gasteiger partial charge in [0.2, 0.25) is 0 Å². The first-order valence-corrected chi connectivity index (χ1v) is 7.46. The number of fused-ring (bicyclic) bond motifs is 1. The van der Waals surface area contributed by atoms with Crippen LogP contribution in [0.1, 0.15) is 30.5 Å². The average molecular weight is 304 g/mol. The summed E-state index contributed by atoms with van der Waals surface area (Å²) in [7, 11) is 0. The van der Waals surface area contributed by atoms with Gasteiger partial charge in [-0.25, -0.2) is 4.39 Å². The Hall–Kier alpha value is -0.0600. The summed E-state index contributed by atoms with van der Waals surface area (Å²) in [4.78, 5) is 0. The van der Waals surface area contributed by atoms with Crippen LogP contribution in [0.4, 0.5) is 4.39 Å². The molecule has 16 heavy (non-hydrogen) atoms. The number of rotatable bonds is 2. The van der Waals surface area contributed by atoms with Crippen molar-refractivity contribution in [2.45, 2.75) is 25.1 Å². The summed E-state index contributed by atoms with van der Waals surface area (Å²) in [6.07, 6.45) is 0.999. The molecular weight excluding hydrogens is 289 g/mol. The molecule has 1 aromatic carbocycles. The van der Waals surface area contributed by atoms with Crippen molar-refractivity contribution < 1.29 is 4.39 Å². The molecule has 0 bridgehead atoms. The van der Waals surface area contributed by atoms with Crippen molar-refractivity contribution in [3.05, 3.63) is 33.5 Å². The summed E-state index contributed by atoms with van der Waals surface area (Å²) in [5.74, 6) is 1.90. The summed E-state index contributed by atoms with van der Waals surface area (Å²) < 4.78 is 15.0. The number of hydrogen-bond acceptors (Lipinski definition) is 2. The van der Waals surface area contributed by atoms with Gasteiger partial charge < -0.3 is 5.32 Å². The maximum atomic E-state index is 13.9. The summed E-state index contributed by atoms with van der Waals surface area (Å²) >= 11 is 5.40. The minimum absolute atomic E-state index is 0.0772. The molecule has 0 amide bonds. The molecule has 1 N–H and O–H groups in total. The molecule has 0 spiro atoms. The number of thioether (sulfide) groups is 1. The van der Waals surface area contributed by atoms with Crippen LogP contribution in [0.5, 0.6) is 0 Å². The van der Waals surface area contributed by atoms with Gasteiger partial charge in [0.05, 0.1) is 0 Å². The number of halogens is 2. The first-order chi connectivity index (χ1) is 7.74. The van der Waals surface area contributed by atoms with Crippen molar-refractivity contribution in [3.8, 4) is 0 Å². The van der Waals surface area contributed by atoms with Gasteiger partial charge in [-0.2, -0.15) is 11.8 Å². The van der Waals surface area contributed by atoms with Gasteiger partial charge in [0.15, 0.2) is 0 Å². The van der Waals surface area contributed by atoms with Crippen molar-refractivity contribution in [1.29, 1.82) is 0 Å². The fourth-order valence-corrected chi connectivity index (χ4v) is 3.84. The van der Waals surface area contributed by atoms with E-state index in [1.54, 1.807) is 6.07 Å². The third-order valence-corrected chi connectivity index (χ3v) is 4.60. The van der Waals surface area contributed by atoms with E-state index in [9.17, 15) is 4.39 Å². The molecular formula is C12H15BrFNS. The van der Waals surface area contributed by atoms with E-state index in [1.807, 2.05) is 17.8 Å². The number of nitrogens with one attached hydrogen (secondary N) is 1. The Morgan fingerprint density at radius 3 is 3.12 bits per heavy atom. The lowest BCUT2D eigenvalue weighted by Gasteiger charge is -2.19. The highest BCUT2D eigenvalue weighted by atomic mass is 79.9. The molecule has 1 aliphatic rings. The van der Waals surface area contributed by atoms with Gasteiger partial charge in [0, 0.05) is 21.8 Å². The third kappa shape index (κ3) is 2.44. The van der Waals surface area contributed by atoms with E-state index in [0.29, 0.717) is 0 Å². The fraction of sp³-hybridized carbons (Fsp3) is 0.500. The van der Waals surface area contributed by atoms with E-state index in [1.165, 1.54) is 0 Å². The topological polar surface area (TPSA) is 12.0 Å². The van der Waals surface area contributed by atoms with Gasteiger partial charge in [-0.3, -0.25) is 0 Å². The lowest BCUT2D eigenvalue weighted by molar-refractivity contribution is 0.502. The molecule has 4 heteroatoms. The van der Waals surface area contributed by atoms with E-state index < -0.39 is 0 Å². The summed E-state index contributed by atoms with van der Waals surface area (Å²) in [6, 6.07) is 3.53. The molecule has 0 aliphatic carbocycles. The van der Waals surface area contributed by atoms with E-state index >= 15 is 0 Å². The van der Waals surface area contributed by atoms with Crippen LogP contribution in [-0.4, -0.2) is 12.3 Å². The number of benzene rings is 1. The van der Waals surface area contributed by atoms with E-state index in [4.69, 9.17) is 0 Å². The molecule has 2 rings (SSSR count). The highest BCUT2D eigenvalue weighted by molar-refractivity contribution is 9.10. The van der Waals surface area contributed by atoms with Crippen molar-refractivity contribution >= 4 is 27.7 Å². The standard InChI is InChI=1S/C12H15BrFNS/c1-2-15-11-5-6-16-7-8-9(13)3-4-10(14)12(8)11/h3-4,11,15H,2,5-7H2,1H3. The van der Waals surface area contributed by atoms with E-state index in [-0.39, 0.29) is 11.9 Å². The molecule has 0 radical (unpaired) electrons. The SMILES string of the molecule is CCNC1CCSCc2c(Br)ccc(F)c21. The second-order valence-corrected chi connectivity index (χ2v) is 5.83. The Bertz CT molecular complexity index is 384. The first-order valence-electron chi connectivity index (χ1n) is 5.52. The lowest BCUT2D eigenvalue weighted by Crippen LogP contribution is -2.22. The van der Waals surface area contributed by atoms with Crippen LogP contribution >= 0.6 is 27.7 Å². The van der Waals surface area contributed by atoms with Crippen LogP contribution in [0.2, 0.25) is 0 Å². The molecule has 0 fully saturated rings. The molecule has 1 heterocycles. The predicted octanol–water partition coefficient (Wildman–Crippen LogP) is 3.88. The van der Waals surface area contributed by atoms with Gasteiger partial charge in [-0.15, -0.1) is 0 Å². The Morgan fingerprint density at radius 1 is 1.56 bits per heavy atom. The minimum atomic E-state index is -0.0772.